The number of fused-ring (bicyclic) bond motifs is 1. The quantitative estimate of drug-likeness (QED) is 0.718. The predicted molar refractivity (Wildman–Crippen MR) is 69.3 cm³/mol. The third kappa shape index (κ3) is 1.79. The maximum Gasteiger partial charge on any atom is 0.325 e. The number of H-pyrrole nitrogens is 2. The lowest BCUT2D eigenvalue weighted by atomic mass is 10.1. The van der Waals surface area contributed by atoms with E-state index < -0.39 is 0 Å². The average molecular weight is 240 g/mol. The maximum absolute atomic E-state index is 11.2. The zero-order valence-electron chi connectivity index (χ0n) is 9.90. The molecule has 0 saturated carbocycles. The number of aromatic amines is 2. The van der Waals surface area contributed by atoms with Gasteiger partial charge < -0.3 is 4.98 Å². The molecule has 0 unspecified atom stereocenters. The first-order valence-corrected chi connectivity index (χ1v) is 5.80. The molecule has 5 heteroatoms. The number of imidazole rings is 1. The SMILES string of the molecule is CCc1cc(-c2ccc3[nH]c(=O)[nH]c3n2)ccn1. The molecule has 2 N–H and O–H groups in total. The molecule has 3 aromatic rings. The van der Waals surface area contributed by atoms with E-state index in [0.717, 1.165) is 23.4 Å². The van der Waals surface area contributed by atoms with E-state index in [4.69, 9.17) is 0 Å². The minimum Gasteiger partial charge on any atom is -0.304 e. The van der Waals surface area contributed by atoms with Crippen LogP contribution < -0.4 is 5.69 Å². The Kier molecular flexibility index (Phi) is 2.44. The van der Waals surface area contributed by atoms with Crippen LogP contribution in [0, 0.1) is 0 Å². The number of rotatable bonds is 2. The van der Waals surface area contributed by atoms with Gasteiger partial charge in [0.2, 0.25) is 0 Å². The predicted octanol–water partition coefficient (Wildman–Crippen LogP) is 1.88. The van der Waals surface area contributed by atoms with Crippen LogP contribution in [0.2, 0.25) is 0 Å². The Morgan fingerprint density at radius 3 is 2.94 bits per heavy atom. The molecule has 0 radical (unpaired) electrons. The highest BCUT2D eigenvalue weighted by atomic mass is 16.1. The van der Waals surface area contributed by atoms with Crippen LogP contribution in [0.5, 0.6) is 0 Å². The number of nitrogens with zero attached hydrogens (tertiary/aromatic N) is 2. The number of hydrogen-bond acceptors (Lipinski definition) is 3. The molecular formula is C13H12N4O. The highest BCUT2D eigenvalue weighted by Gasteiger charge is 2.04. The van der Waals surface area contributed by atoms with Gasteiger partial charge in [-0.25, -0.2) is 9.78 Å². The molecular weight excluding hydrogens is 228 g/mol. The van der Waals surface area contributed by atoms with Crippen molar-refractivity contribution in [3.63, 3.8) is 0 Å². The van der Waals surface area contributed by atoms with Crippen LogP contribution in [0.15, 0.2) is 35.3 Å². The number of aromatic nitrogens is 4. The van der Waals surface area contributed by atoms with Crippen molar-refractivity contribution in [1.29, 1.82) is 0 Å². The molecule has 0 saturated heterocycles. The molecule has 0 fully saturated rings. The molecule has 18 heavy (non-hydrogen) atoms. The van der Waals surface area contributed by atoms with Crippen LogP contribution in [0.3, 0.4) is 0 Å². The van der Waals surface area contributed by atoms with Gasteiger partial charge in [-0.2, -0.15) is 0 Å². The molecule has 0 aliphatic heterocycles. The largest absolute Gasteiger partial charge is 0.325 e. The summed E-state index contributed by atoms with van der Waals surface area (Å²) >= 11 is 0. The van der Waals surface area contributed by atoms with E-state index in [2.05, 4.69) is 26.9 Å². The molecule has 90 valence electrons. The van der Waals surface area contributed by atoms with Crippen molar-refractivity contribution in [2.45, 2.75) is 13.3 Å². The Balaban J connectivity index is 2.15. The van der Waals surface area contributed by atoms with Gasteiger partial charge in [0.05, 0.1) is 11.2 Å². The fourth-order valence-corrected chi connectivity index (χ4v) is 1.91. The molecule has 5 nitrogen and oxygen atoms in total. The van der Waals surface area contributed by atoms with Crippen LogP contribution in [0.25, 0.3) is 22.4 Å². The molecule has 3 aromatic heterocycles. The second kappa shape index (κ2) is 4.10. The van der Waals surface area contributed by atoms with Crippen LogP contribution in [0.4, 0.5) is 0 Å². The number of aryl methyl sites for hydroxylation is 1. The standard InChI is InChI=1S/C13H12N4O/c1-2-9-7-8(5-6-14-9)10-3-4-11-12(15-10)17-13(18)16-11/h3-7H,2H2,1H3,(H2,15,16,17,18). The van der Waals surface area contributed by atoms with Crippen LogP contribution in [-0.4, -0.2) is 19.9 Å². The van der Waals surface area contributed by atoms with E-state index in [-0.39, 0.29) is 5.69 Å². The van der Waals surface area contributed by atoms with Gasteiger partial charge in [-0.05, 0) is 30.7 Å². The van der Waals surface area contributed by atoms with E-state index in [9.17, 15) is 4.79 Å². The summed E-state index contributed by atoms with van der Waals surface area (Å²) in [6, 6.07) is 7.67. The van der Waals surface area contributed by atoms with Gasteiger partial charge in [-0.15, -0.1) is 0 Å². The second-order valence-electron chi connectivity index (χ2n) is 4.06. The third-order valence-electron chi connectivity index (χ3n) is 2.85. The van der Waals surface area contributed by atoms with E-state index in [1.54, 1.807) is 6.20 Å². The van der Waals surface area contributed by atoms with Crippen molar-refractivity contribution < 1.29 is 0 Å². The highest BCUT2D eigenvalue weighted by Crippen LogP contribution is 2.19. The summed E-state index contributed by atoms with van der Waals surface area (Å²) in [7, 11) is 0. The lowest BCUT2D eigenvalue weighted by molar-refractivity contribution is 1.04. The molecule has 0 aliphatic rings. The molecule has 0 bridgehead atoms. The van der Waals surface area contributed by atoms with Crippen LogP contribution in [-0.2, 0) is 6.42 Å². The van der Waals surface area contributed by atoms with Crippen molar-refractivity contribution in [2.24, 2.45) is 0 Å². The van der Waals surface area contributed by atoms with E-state index in [1.807, 2.05) is 24.3 Å². The fourth-order valence-electron chi connectivity index (χ4n) is 1.91. The minimum absolute atomic E-state index is 0.237. The van der Waals surface area contributed by atoms with Gasteiger partial charge >= 0.3 is 5.69 Å². The van der Waals surface area contributed by atoms with E-state index in [0.29, 0.717) is 11.2 Å². The third-order valence-corrected chi connectivity index (χ3v) is 2.85. The normalized spacial score (nSPS) is 10.9. The first-order valence-electron chi connectivity index (χ1n) is 5.80. The lowest BCUT2D eigenvalue weighted by Crippen LogP contribution is -1.99. The second-order valence-corrected chi connectivity index (χ2v) is 4.06. The lowest BCUT2D eigenvalue weighted by Gasteiger charge is -2.02. The molecule has 0 aromatic carbocycles. The van der Waals surface area contributed by atoms with Crippen molar-refractivity contribution in [1.82, 2.24) is 19.9 Å². The van der Waals surface area contributed by atoms with Gasteiger partial charge in [0.15, 0.2) is 5.65 Å². The Labute approximate surface area is 103 Å². The first-order chi connectivity index (χ1) is 8.76. The molecule has 3 heterocycles. The smallest absolute Gasteiger partial charge is 0.304 e. The van der Waals surface area contributed by atoms with Gasteiger partial charge in [0.1, 0.15) is 0 Å². The van der Waals surface area contributed by atoms with Crippen molar-refractivity contribution in [3.05, 3.63) is 46.6 Å². The number of pyridine rings is 2. The molecule has 0 amide bonds. The summed E-state index contributed by atoms with van der Waals surface area (Å²) in [5.41, 5.74) is 3.91. The van der Waals surface area contributed by atoms with Crippen molar-refractivity contribution >= 4 is 11.2 Å². The maximum atomic E-state index is 11.2. The number of nitrogens with one attached hydrogen (secondary N) is 2. The minimum atomic E-state index is -0.237. The number of hydrogen-bond donors (Lipinski definition) is 2. The van der Waals surface area contributed by atoms with E-state index >= 15 is 0 Å². The van der Waals surface area contributed by atoms with E-state index in [1.165, 1.54) is 0 Å². The topological polar surface area (TPSA) is 74.4 Å². The molecule has 0 atom stereocenters. The monoisotopic (exact) mass is 240 g/mol. The summed E-state index contributed by atoms with van der Waals surface area (Å²) in [4.78, 5) is 25.2. The molecule has 0 aliphatic carbocycles. The van der Waals surface area contributed by atoms with Crippen LogP contribution >= 0.6 is 0 Å². The highest BCUT2D eigenvalue weighted by molar-refractivity contribution is 5.74. The fraction of sp³-hybridized carbons (Fsp3) is 0.154. The first kappa shape index (κ1) is 10.7. The Bertz CT molecular complexity index is 757. The Morgan fingerprint density at radius 2 is 2.11 bits per heavy atom. The Morgan fingerprint density at radius 1 is 1.22 bits per heavy atom. The Hall–Kier alpha value is -2.43. The van der Waals surface area contributed by atoms with Gasteiger partial charge in [0, 0.05) is 17.5 Å². The summed E-state index contributed by atoms with van der Waals surface area (Å²) in [5.74, 6) is 0. The van der Waals surface area contributed by atoms with Crippen LogP contribution in [0.1, 0.15) is 12.6 Å². The van der Waals surface area contributed by atoms with Crippen molar-refractivity contribution in [2.75, 3.05) is 0 Å². The summed E-state index contributed by atoms with van der Waals surface area (Å²) in [5, 5.41) is 0. The summed E-state index contributed by atoms with van der Waals surface area (Å²) in [6.07, 6.45) is 2.66. The zero-order valence-corrected chi connectivity index (χ0v) is 9.90. The van der Waals surface area contributed by atoms with Gasteiger partial charge in [-0.1, -0.05) is 6.92 Å². The average Bonchev–Trinajstić information content (AvgIpc) is 2.77. The summed E-state index contributed by atoms with van der Waals surface area (Å²) < 4.78 is 0. The zero-order chi connectivity index (χ0) is 12.5. The van der Waals surface area contributed by atoms with Gasteiger partial charge in [-0.3, -0.25) is 9.97 Å². The summed E-state index contributed by atoms with van der Waals surface area (Å²) in [6.45, 7) is 2.06. The molecule has 3 rings (SSSR count). The molecule has 0 spiro atoms. The van der Waals surface area contributed by atoms with Crippen molar-refractivity contribution in [3.8, 4) is 11.3 Å². The van der Waals surface area contributed by atoms with Gasteiger partial charge in [0.25, 0.3) is 0 Å².